The molecule has 0 aliphatic rings. The van der Waals surface area contributed by atoms with Crippen molar-refractivity contribution in [3.05, 3.63) is 59.1 Å². The number of hydrogen-bond acceptors (Lipinski definition) is 4. The fraction of sp³-hybridized carbons (Fsp3) is 0.222. The van der Waals surface area contributed by atoms with E-state index in [0.29, 0.717) is 22.7 Å². The van der Waals surface area contributed by atoms with Crippen molar-refractivity contribution >= 4 is 39.1 Å². The highest BCUT2D eigenvalue weighted by atomic mass is 35.5. The molecule has 2 amide bonds. The highest BCUT2D eigenvalue weighted by Gasteiger charge is 2.17. The molecule has 2 rings (SSSR count). The van der Waals surface area contributed by atoms with E-state index in [1.54, 1.807) is 24.3 Å². The minimum atomic E-state index is -3.93. The van der Waals surface area contributed by atoms with Crippen molar-refractivity contribution in [1.29, 1.82) is 0 Å². The normalized spacial score (nSPS) is 11.0. The van der Waals surface area contributed by atoms with Crippen LogP contribution in [0.25, 0.3) is 0 Å². The summed E-state index contributed by atoms with van der Waals surface area (Å²) in [5.74, 6) is -0.943. The third kappa shape index (κ3) is 5.31. The molecule has 138 valence electrons. The van der Waals surface area contributed by atoms with Crippen LogP contribution in [0.15, 0.2) is 53.4 Å². The third-order valence-corrected chi connectivity index (χ3v) is 5.27. The Labute approximate surface area is 157 Å². The van der Waals surface area contributed by atoms with Crippen LogP contribution in [0.5, 0.6) is 0 Å². The van der Waals surface area contributed by atoms with Crippen LogP contribution in [0.4, 0.5) is 5.69 Å². The Balaban J connectivity index is 2.07. The van der Waals surface area contributed by atoms with Gasteiger partial charge in [-0.05, 0) is 42.8 Å². The molecule has 0 aromatic heterocycles. The predicted molar refractivity (Wildman–Crippen MR) is 101 cm³/mol. The fourth-order valence-electron chi connectivity index (χ4n) is 2.16. The summed E-state index contributed by atoms with van der Waals surface area (Å²) in [4.78, 5) is 23.8. The lowest BCUT2D eigenvalue weighted by Gasteiger charge is -2.09. The summed E-state index contributed by atoms with van der Waals surface area (Å²) in [6, 6.07) is 12.1. The third-order valence-electron chi connectivity index (χ3n) is 3.55. The lowest BCUT2D eigenvalue weighted by Crippen LogP contribution is -2.30. The molecule has 0 fully saturated rings. The van der Waals surface area contributed by atoms with Gasteiger partial charge in [0, 0.05) is 12.1 Å². The zero-order valence-electron chi connectivity index (χ0n) is 14.2. The largest absolute Gasteiger partial charge is 0.322 e. The number of nitrogens with one attached hydrogen (secondary N) is 2. The summed E-state index contributed by atoms with van der Waals surface area (Å²) in [5.41, 5.74) is 0.722. The molecule has 0 radical (unpaired) electrons. The highest BCUT2D eigenvalue weighted by molar-refractivity contribution is 7.90. The highest BCUT2D eigenvalue weighted by Crippen LogP contribution is 2.18. The first-order valence-corrected chi connectivity index (χ1v) is 9.91. The number of carbonyl (C=O) groups is 2. The second kappa shape index (κ2) is 8.82. The van der Waals surface area contributed by atoms with Gasteiger partial charge in [-0.25, -0.2) is 13.1 Å². The van der Waals surface area contributed by atoms with E-state index in [2.05, 4.69) is 5.32 Å². The standard InChI is InChI=1S/C18H19ClN2O4S/c1-2-3-8-17(22)21-26(24,25)14-11-9-13(10-12-14)20-18(23)15-6-4-5-7-16(15)19/h4-7,9-12H,2-3,8H2,1H3,(H,20,23)(H,21,22). The number of carbonyl (C=O) groups excluding carboxylic acids is 2. The van der Waals surface area contributed by atoms with Crippen molar-refractivity contribution in [2.45, 2.75) is 31.1 Å². The molecule has 2 aromatic carbocycles. The molecular formula is C18H19ClN2O4S. The van der Waals surface area contributed by atoms with Gasteiger partial charge in [-0.3, -0.25) is 9.59 Å². The second-order valence-corrected chi connectivity index (χ2v) is 7.68. The lowest BCUT2D eigenvalue weighted by atomic mass is 10.2. The van der Waals surface area contributed by atoms with Crippen LogP contribution in [0.3, 0.4) is 0 Å². The minimum absolute atomic E-state index is 0.0573. The number of amides is 2. The van der Waals surface area contributed by atoms with E-state index >= 15 is 0 Å². The number of sulfonamides is 1. The Morgan fingerprint density at radius 1 is 1.04 bits per heavy atom. The molecule has 0 saturated heterocycles. The van der Waals surface area contributed by atoms with Gasteiger partial charge in [0.2, 0.25) is 5.91 Å². The van der Waals surface area contributed by atoms with Crippen LogP contribution in [-0.4, -0.2) is 20.2 Å². The monoisotopic (exact) mass is 394 g/mol. The number of unbranched alkanes of at least 4 members (excludes halogenated alkanes) is 1. The van der Waals surface area contributed by atoms with Gasteiger partial charge in [-0.15, -0.1) is 0 Å². The average Bonchev–Trinajstić information content (AvgIpc) is 2.60. The second-order valence-electron chi connectivity index (χ2n) is 5.59. The Bertz CT molecular complexity index is 896. The summed E-state index contributed by atoms with van der Waals surface area (Å²) < 4.78 is 26.4. The van der Waals surface area contributed by atoms with Gasteiger partial charge in [0.05, 0.1) is 15.5 Å². The van der Waals surface area contributed by atoms with Crippen LogP contribution >= 0.6 is 11.6 Å². The van der Waals surface area contributed by atoms with Crippen LogP contribution < -0.4 is 10.0 Å². The maximum Gasteiger partial charge on any atom is 0.264 e. The van der Waals surface area contributed by atoms with Gasteiger partial charge < -0.3 is 5.32 Å². The number of benzene rings is 2. The van der Waals surface area contributed by atoms with E-state index < -0.39 is 21.8 Å². The Morgan fingerprint density at radius 3 is 2.31 bits per heavy atom. The average molecular weight is 395 g/mol. The maximum absolute atomic E-state index is 12.2. The molecule has 2 N–H and O–H groups in total. The first-order chi connectivity index (χ1) is 12.3. The van der Waals surface area contributed by atoms with Gasteiger partial charge in [-0.2, -0.15) is 0 Å². The Hall–Kier alpha value is -2.38. The predicted octanol–water partition coefficient (Wildman–Crippen LogP) is 3.59. The van der Waals surface area contributed by atoms with Gasteiger partial charge in [-0.1, -0.05) is 37.1 Å². The SMILES string of the molecule is CCCCC(=O)NS(=O)(=O)c1ccc(NC(=O)c2ccccc2Cl)cc1. The number of rotatable bonds is 7. The molecule has 0 aliphatic carbocycles. The molecule has 0 unspecified atom stereocenters. The summed E-state index contributed by atoms with van der Waals surface area (Å²) >= 11 is 5.97. The maximum atomic E-state index is 12.2. The summed E-state index contributed by atoms with van der Waals surface area (Å²) in [6.07, 6.45) is 1.57. The van der Waals surface area contributed by atoms with Crippen molar-refractivity contribution < 1.29 is 18.0 Å². The van der Waals surface area contributed by atoms with Crippen molar-refractivity contribution in [2.24, 2.45) is 0 Å². The lowest BCUT2D eigenvalue weighted by molar-refractivity contribution is -0.119. The van der Waals surface area contributed by atoms with Crippen LogP contribution in [-0.2, 0) is 14.8 Å². The zero-order valence-corrected chi connectivity index (χ0v) is 15.7. The molecule has 2 aromatic rings. The van der Waals surface area contributed by atoms with E-state index in [9.17, 15) is 18.0 Å². The molecule has 8 heteroatoms. The molecule has 26 heavy (non-hydrogen) atoms. The minimum Gasteiger partial charge on any atom is -0.322 e. The number of halogens is 1. The summed E-state index contributed by atoms with van der Waals surface area (Å²) in [5, 5.41) is 2.96. The van der Waals surface area contributed by atoms with E-state index in [1.807, 2.05) is 11.6 Å². The fourth-order valence-corrected chi connectivity index (χ4v) is 3.39. The summed E-state index contributed by atoms with van der Waals surface area (Å²) in [7, 11) is -3.93. The number of hydrogen-bond donors (Lipinski definition) is 2. The molecular weight excluding hydrogens is 376 g/mol. The topological polar surface area (TPSA) is 92.3 Å². The van der Waals surface area contributed by atoms with Gasteiger partial charge in [0.1, 0.15) is 0 Å². The van der Waals surface area contributed by atoms with Gasteiger partial charge >= 0.3 is 0 Å². The molecule has 0 bridgehead atoms. The van der Waals surface area contributed by atoms with Crippen molar-refractivity contribution in [3.8, 4) is 0 Å². The molecule has 6 nitrogen and oxygen atoms in total. The van der Waals surface area contributed by atoms with Crippen molar-refractivity contribution in [3.63, 3.8) is 0 Å². The smallest absolute Gasteiger partial charge is 0.264 e. The molecule has 0 heterocycles. The van der Waals surface area contributed by atoms with Crippen LogP contribution in [0.2, 0.25) is 5.02 Å². The van der Waals surface area contributed by atoms with Crippen LogP contribution in [0, 0.1) is 0 Å². The van der Waals surface area contributed by atoms with Gasteiger partial charge in [0.15, 0.2) is 0 Å². The van der Waals surface area contributed by atoms with E-state index in [0.717, 1.165) is 6.42 Å². The molecule has 0 aliphatic heterocycles. The Kier molecular flexibility index (Phi) is 6.76. The van der Waals surface area contributed by atoms with E-state index in [-0.39, 0.29) is 11.3 Å². The number of anilines is 1. The zero-order chi connectivity index (χ0) is 19.2. The van der Waals surface area contributed by atoms with E-state index in [4.69, 9.17) is 11.6 Å². The molecule has 0 atom stereocenters. The first kappa shape index (κ1) is 19.9. The summed E-state index contributed by atoms with van der Waals surface area (Å²) in [6.45, 7) is 1.91. The molecule has 0 spiro atoms. The molecule has 0 saturated carbocycles. The van der Waals surface area contributed by atoms with Crippen molar-refractivity contribution in [1.82, 2.24) is 4.72 Å². The Morgan fingerprint density at radius 2 is 1.69 bits per heavy atom. The van der Waals surface area contributed by atoms with Crippen molar-refractivity contribution in [2.75, 3.05) is 5.32 Å². The van der Waals surface area contributed by atoms with E-state index in [1.165, 1.54) is 24.3 Å². The quantitative estimate of drug-likeness (QED) is 0.750. The van der Waals surface area contributed by atoms with Crippen LogP contribution in [0.1, 0.15) is 36.5 Å². The first-order valence-electron chi connectivity index (χ1n) is 8.05. The van der Waals surface area contributed by atoms with Gasteiger partial charge in [0.25, 0.3) is 15.9 Å².